The summed E-state index contributed by atoms with van der Waals surface area (Å²) in [4.78, 5) is 43.5. The van der Waals surface area contributed by atoms with Gasteiger partial charge in [0.1, 0.15) is 0 Å². The minimum atomic E-state index is -0.318. The van der Waals surface area contributed by atoms with E-state index in [1.54, 1.807) is 24.3 Å². The van der Waals surface area contributed by atoms with E-state index < -0.39 is 0 Å². The van der Waals surface area contributed by atoms with Crippen LogP contribution in [0.5, 0.6) is 0 Å². The Morgan fingerprint density at radius 3 is 2.32 bits per heavy atom. The van der Waals surface area contributed by atoms with Gasteiger partial charge >= 0.3 is 0 Å². The molecule has 0 unspecified atom stereocenters. The summed E-state index contributed by atoms with van der Waals surface area (Å²) in [5, 5.41) is 2.85. The lowest BCUT2D eigenvalue weighted by Crippen LogP contribution is -2.31. The number of hydrogen-bond acceptors (Lipinski definition) is 4. The first-order chi connectivity index (χ1) is 13.5. The molecule has 2 aromatic rings. The number of ketones is 1. The molecule has 0 saturated carbocycles. The zero-order valence-electron chi connectivity index (χ0n) is 16.0. The SMILES string of the molecule is CC(=O)c1ccc(NC(=O)c2nc(C(=O)N3CCCC3)n3c2CCCC3)cc1. The lowest BCUT2D eigenvalue weighted by atomic mass is 10.1. The van der Waals surface area contributed by atoms with Crippen LogP contribution in [-0.2, 0) is 13.0 Å². The Morgan fingerprint density at radius 2 is 1.64 bits per heavy atom. The molecule has 0 atom stereocenters. The Bertz CT molecular complexity index is 924. The zero-order valence-corrected chi connectivity index (χ0v) is 16.0. The predicted octanol–water partition coefficient (Wildman–Crippen LogP) is 2.91. The van der Waals surface area contributed by atoms with Crippen molar-refractivity contribution in [3.05, 3.63) is 47.0 Å². The van der Waals surface area contributed by atoms with E-state index in [2.05, 4.69) is 10.3 Å². The fourth-order valence-corrected chi connectivity index (χ4v) is 3.93. The molecule has 4 rings (SSSR count). The summed E-state index contributed by atoms with van der Waals surface area (Å²) in [7, 11) is 0. The number of nitrogens with zero attached hydrogens (tertiary/aromatic N) is 3. The summed E-state index contributed by atoms with van der Waals surface area (Å²) < 4.78 is 1.93. The maximum Gasteiger partial charge on any atom is 0.289 e. The number of benzene rings is 1. The van der Waals surface area contributed by atoms with Crippen LogP contribution >= 0.6 is 0 Å². The molecule has 0 bridgehead atoms. The molecule has 1 aromatic carbocycles. The minimum absolute atomic E-state index is 0.0221. The van der Waals surface area contributed by atoms with Crippen molar-refractivity contribution >= 4 is 23.3 Å². The van der Waals surface area contributed by atoms with E-state index in [-0.39, 0.29) is 17.6 Å². The highest BCUT2D eigenvalue weighted by molar-refractivity contribution is 6.05. The van der Waals surface area contributed by atoms with E-state index in [4.69, 9.17) is 0 Å². The molecule has 146 valence electrons. The van der Waals surface area contributed by atoms with E-state index in [1.165, 1.54) is 6.92 Å². The normalized spacial score (nSPS) is 16.0. The van der Waals surface area contributed by atoms with Crippen molar-refractivity contribution in [1.29, 1.82) is 0 Å². The number of imidazole rings is 1. The smallest absolute Gasteiger partial charge is 0.289 e. The number of Topliss-reactive ketones (excluding diaryl/α,β-unsaturated/α-hetero) is 1. The number of carbonyl (C=O) groups is 3. The van der Waals surface area contributed by atoms with E-state index >= 15 is 0 Å². The molecular weight excluding hydrogens is 356 g/mol. The van der Waals surface area contributed by atoms with Crippen molar-refractivity contribution in [2.45, 2.75) is 45.6 Å². The quantitative estimate of drug-likeness (QED) is 0.827. The van der Waals surface area contributed by atoms with Crippen LogP contribution in [0.3, 0.4) is 0 Å². The third-order valence-corrected chi connectivity index (χ3v) is 5.47. The van der Waals surface area contributed by atoms with Crippen molar-refractivity contribution in [2.75, 3.05) is 18.4 Å². The maximum atomic E-state index is 12.9. The second-order valence-electron chi connectivity index (χ2n) is 7.43. The van der Waals surface area contributed by atoms with Crippen LogP contribution in [0.1, 0.15) is 69.8 Å². The molecule has 2 amide bonds. The third-order valence-electron chi connectivity index (χ3n) is 5.47. The Morgan fingerprint density at radius 1 is 0.964 bits per heavy atom. The summed E-state index contributed by atoms with van der Waals surface area (Å²) in [5.41, 5.74) is 2.36. The van der Waals surface area contributed by atoms with Crippen LogP contribution in [0.2, 0.25) is 0 Å². The van der Waals surface area contributed by atoms with Gasteiger partial charge in [-0.2, -0.15) is 0 Å². The van der Waals surface area contributed by atoms with Crippen molar-refractivity contribution < 1.29 is 14.4 Å². The standard InChI is InChI=1S/C21H24N4O3/c1-14(26)15-7-9-16(10-8-15)22-20(27)18-17-6-2-3-13-25(17)19(23-18)21(28)24-11-4-5-12-24/h7-10H,2-6,11-13H2,1H3,(H,22,27). The molecule has 7 heteroatoms. The Labute approximate surface area is 163 Å². The molecule has 1 N–H and O–H groups in total. The second-order valence-corrected chi connectivity index (χ2v) is 7.43. The molecule has 1 aromatic heterocycles. The Kier molecular flexibility index (Phi) is 4.98. The van der Waals surface area contributed by atoms with E-state index in [0.29, 0.717) is 22.8 Å². The fraction of sp³-hybridized carbons (Fsp3) is 0.429. The van der Waals surface area contributed by atoms with Gasteiger partial charge in [0.15, 0.2) is 17.3 Å². The predicted molar refractivity (Wildman–Crippen MR) is 105 cm³/mol. The van der Waals surface area contributed by atoms with Crippen molar-refractivity contribution in [2.24, 2.45) is 0 Å². The second kappa shape index (κ2) is 7.58. The van der Waals surface area contributed by atoms with Crippen LogP contribution in [0.15, 0.2) is 24.3 Å². The lowest BCUT2D eigenvalue weighted by Gasteiger charge is -2.19. The highest BCUT2D eigenvalue weighted by Crippen LogP contribution is 2.24. The molecule has 0 radical (unpaired) electrons. The Hall–Kier alpha value is -2.96. The van der Waals surface area contributed by atoms with Crippen LogP contribution in [0, 0.1) is 0 Å². The van der Waals surface area contributed by atoms with Crippen LogP contribution in [0.25, 0.3) is 0 Å². The van der Waals surface area contributed by atoms with Crippen LogP contribution in [0.4, 0.5) is 5.69 Å². The third kappa shape index (κ3) is 3.44. The monoisotopic (exact) mass is 380 g/mol. The van der Waals surface area contributed by atoms with Crippen LogP contribution in [-0.4, -0.2) is 45.1 Å². The van der Waals surface area contributed by atoms with Gasteiger partial charge in [0, 0.05) is 30.9 Å². The Balaban J connectivity index is 1.60. The summed E-state index contributed by atoms with van der Waals surface area (Å²) in [5.74, 6) is -0.0352. The summed E-state index contributed by atoms with van der Waals surface area (Å²) in [6.07, 6.45) is 4.74. The number of fused-ring (bicyclic) bond motifs is 1. The zero-order chi connectivity index (χ0) is 19.7. The van der Waals surface area contributed by atoms with E-state index in [1.807, 2.05) is 9.47 Å². The number of rotatable bonds is 4. The number of likely N-dealkylation sites (tertiary alicyclic amines) is 1. The lowest BCUT2D eigenvalue weighted by molar-refractivity contribution is 0.0774. The van der Waals surface area contributed by atoms with E-state index in [9.17, 15) is 14.4 Å². The van der Waals surface area contributed by atoms with Gasteiger partial charge in [-0.25, -0.2) is 4.98 Å². The molecule has 2 aliphatic heterocycles. The number of anilines is 1. The molecule has 28 heavy (non-hydrogen) atoms. The number of aromatic nitrogens is 2. The first-order valence-corrected chi connectivity index (χ1v) is 9.85. The van der Waals surface area contributed by atoms with Gasteiger partial charge in [-0.05, 0) is 63.3 Å². The van der Waals surface area contributed by atoms with Gasteiger partial charge in [0.2, 0.25) is 0 Å². The average Bonchev–Trinajstić information content (AvgIpc) is 3.36. The number of amides is 2. The number of hydrogen-bond donors (Lipinski definition) is 1. The fourth-order valence-electron chi connectivity index (χ4n) is 3.93. The highest BCUT2D eigenvalue weighted by Gasteiger charge is 2.30. The number of carbonyl (C=O) groups excluding carboxylic acids is 3. The van der Waals surface area contributed by atoms with E-state index in [0.717, 1.165) is 57.4 Å². The molecule has 0 aliphatic carbocycles. The maximum absolute atomic E-state index is 12.9. The molecule has 1 fully saturated rings. The number of nitrogens with one attached hydrogen (secondary N) is 1. The van der Waals surface area contributed by atoms with Gasteiger partial charge in [-0.3, -0.25) is 14.4 Å². The minimum Gasteiger partial charge on any atom is -0.336 e. The average molecular weight is 380 g/mol. The van der Waals surface area contributed by atoms with Gasteiger partial charge in [0.05, 0.1) is 5.69 Å². The molecule has 0 spiro atoms. The first-order valence-electron chi connectivity index (χ1n) is 9.85. The topological polar surface area (TPSA) is 84.3 Å². The summed E-state index contributed by atoms with van der Waals surface area (Å²) in [6.45, 7) is 3.73. The van der Waals surface area contributed by atoms with Crippen molar-refractivity contribution in [1.82, 2.24) is 14.5 Å². The van der Waals surface area contributed by atoms with Gasteiger partial charge in [0.25, 0.3) is 11.8 Å². The molecule has 3 heterocycles. The largest absolute Gasteiger partial charge is 0.336 e. The summed E-state index contributed by atoms with van der Waals surface area (Å²) >= 11 is 0. The van der Waals surface area contributed by atoms with Gasteiger partial charge in [-0.1, -0.05) is 0 Å². The van der Waals surface area contributed by atoms with Crippen LogP contribution < -0.4 is 5.32 Å². The van der Waals surface area contributed by atoms with Crippen molar-refractivity contribution in [3.8, 4) is 0 Å². The molecule has 2 aliphatic rings. The first kappa shape index (κ1) is 18.4. The summed E-state index contributed by atoms with van der Waals surface area (Å²) in [6, 6.07) is 6.77. The van der Waals surface area contributed by atoms with Gasteiger partial charge < -0.3 is 14.8 Å². The van der Waals surface area contributed by atoms with Crippen molar-refractivity contribution in [3.63, 3.8) is 0 Å². The molecular formula is C21H24N4O3. The van der Waals surface area contributed by atoms with Gasteiger partial charge in [-0.15, -0.1) is 0 Å². The molecule has 7 nitrogen and oxygen atoms in total. The highest BCUT2D eigenvalue weighted by atomic mass is 16.2. The molecule has 1 saturated heterocycles.